The minimum atomic E-state index is -0.00663. The second-order valence-corrected chi connectivity index (χ2v) is 9.39. The molecule has 0 atom stereocenters. The fourth-order valence-electron chi connectivity index (χ4n) is 4.93. The van der Waals surface area contributed by atoms with Crippen molar-refractivity contribution in [1.82, 2.24) is 24.8 Å². The normalized spacial score (nSPS) is 13.8. The van der Waals surface area contributed by atoms with Crippen molar-refractivity contribution < 1.29 is 4.79 Å². The third-order valence-electron chi connectivity index (χ3n) is 6.70. The summed E-state index contributed by atoms with van der Waals surface area (Å²) in [6.45, 7) is 7.73. The predicted molar refractivity (Wildman–Crippen MR) is 137 cm³/mol. The number of fused-ring (bicyclic) bond motifs is 2. The Morgan fingerprint density at radius 3 is 2.68 bits per heavy atom. The van der Waals surface area contributed by atoms with Gasteiger partial charge in [0.1, 0.15) is 5.52 Å². The van der Waals surface area contributed by atoms with Crippen molar-refractivity contribution in [2.24, 2.45) is 0 Å². The van der Waals surface area contributed by atoms with Gasteiger partial charge in [0.25, 0.3) is 5.91 Å². The highest BCUT2D eigenvalue weighted by Gasteiger charge is 2.19. The molecule has 34 heavy (non-hydrogen) atoms. The van der Waals surface area contributed by atoms with E-state index in [-0.39, 0.29) is 5.91 Å². The molecule has 0 aliphatic carbocycles. The fraction of sp³-hybridized carbons (Fsp3) is 0.321. The van der Waals surface area contributed by atoms with Gasteiger partial charge in [0.05, 0.1) is 11.9 Å². The Hall–Kier alpha value is -3.51. The van der Waals surface area contributed by atoms with E-state index in [1.165, 1.54) is 23.1 Å². The first-order chi connectivity index (χ1) is 16.4. The monoisotopic (exact) mass is 453 g/mol. The molecule has 0 saturated heterocycles. The second-order valence-electron chi connectivity index (χ2n) is 9.39. The van der Waals surface area contributed by atoms with E-state index >= 15 is 0 Å². The van der Waals surface area contributed by atoms with Gasteiger partial charge in [-0.3, -0.25) is 9.69 Å². The molecule has 1 aliphatic heterocycles. The van der Waals surface area contributed by atoms with Crippen LogP contribution >= 0.6 is 0 Å². The van der Waals surface area contributed by atoms with E-state index in [9.17, 15) is 4.79 Å². The minimum Gasteiger partial charge on any atom is -0.345 e. The number of rotatable bonds is 5. The molecule has 4 aromatic rings. The summed E-state index contributed by atoms with van der Waals surface area (Å²) in [5.41, 5.74) is 10.5. The van der Waals surface area contributed by atoms with E-state index in [1.54, 1.807) is 19.0 Å². The van der Waals surface area contributed by atoms with E-state index in [0.717, 1.165) is 59.6 Å². The number of benzene rings is 2. The lowest BCUT2D eigenvalue weighted by molar-refractivity contribution is 0.0827. The van der Waals surface area contributed by atoms with Crippen LogP contribution in [0.4, 0.5) is 0 Å². The van der Waals surface area contributed by atoms with Crippen LogP contribution in [0.3, 0.4) is 0 Å². The third-order valence-corrected chi connectivity index (χ3v) is 6.70. The van der Waals surface area contributed by atoms with E-state index in [1.807, 2.05) is 36.7 Å². The fourth-order valence-corrected chi connectivity index (χ4v) is 4.93. The van der Waals surface area contributed by atoms with Crippen LogP contribution in [-0.4, -0.2) is 57.8 Å². The van der Waals surface area contributed by atoms with Gasteiger partial charge in [0, 0.05) is 50.1 Å². The average Bonchev–Trinajstić information content (AvgIpc) is 3.27. The van der Waals surface area contributed by atoms with Gasteiger partial charge in [-0.1, -0.05) is 19.1 Å². The molecule has 1 N–H and O–H groups in total. The highest BCUT2D eigenvalue weighted by molar-refractivity contribution is 5.96. The number of aromatic nitrogens is 3. The molecule has 6 heteroatoms. The quantitative estimate of drug-likeness (QED) is 0.458. The van der Waals surface area contributed by atoms with Crippen molar-refractivity contribution >= 4 is 17.1 Å². The zero-order valence-electron chi connectivity index (χ0n) is 20.4. The van der Waals surface area contributed by atoms with Gasteiger partial charge in [-0.25, -0.2) is 9.97 Å². The molecule has 0 unspecified atom stereocenters. The number of carbonyl (C=O) groups excluding carboxylic acids is 1. The topological polar surface area (TPSA) is 65.1 Å². The van der Waals surface area contributed by atoms with Crippen LogP contribution in [0.1, 0.15) is 40.4 Å². The molecule has 2 aromatic heterocycles. The van der Waals surface area contributed by atoms with E-state index < -0.39 is 0 Å². The Morgan fingerprint density at radius 2 is 1.94 bits per heavy atom. The molecule has 174 valence electrons. The second kappa shape index (κ2) is 9.03. The first-order valence-electron chi connectivity index (χ1n) is 12.0. The average molecular weight is 454 g/mol. The molecule has 0 spiro atoms. The zero-order chi connectivity index (χ0) is 23.8. The Morgan fingerprint density at radius 1 is 1.15 bits per heavy atom. The molecule has 1 aliphatic rings. The predicted octanol–water partition coefficient (Wildman–Crippen LogP) is 5.07. The van der Waals surface area contributed by atoms with Gasteiger partial charge in [-0.15, -0.1) is 0 Å². The van der Waals surface area contributed by atoms with Gasteiger partial charge in [-0.2, -0.15) is 0 Å². The third kappa shape index (κ3) is 4.10. The maximum Gasteiger partial charge on any atom is 0.253 e. The molecule has 6 nitrogen and oxygen atoms in total. The van der Waals surface area contributed by atoms with Crippen LogP contribution in [0.15, 0.2) is 48.8 Å². The van der Waals surface area contributed by atoms with Crippen molar-refractivity contribution in [1.29, 1.82) is 0 Å². The Balaban J connectivity index is 1.51. The van der Waals surface area contributed by atoms with Gasteiger partial charge < -0.3 is 9.88 Å². The smallest absolute Gasteiger partial charge is 0.253 e. The summed E-state index contributed by atoms with van der Waals surface area (Å²) in [7, 11) is 3.52. The number of hydrogen-bond acceptors (Lipinski definition) is 4. The molecule has 0 radical (unpaired) electrons. The summed E-state index contributed by atoms with van der Waals surface area (Å²) in [5, 5.41) is 0. The number of carbonyl (C=O) groups is 1. The Bertz CT molecular complexity index is 1350. The maximum atomic E-state index is 12.2. The van der Waals surface area contributed by atoms with Crippen LogP contribution in [0.5, 0.6) is 0 Å². The summed E-state index contributed by atoms with van der Waals surface area (Å²) in [5.74, 6) is -0.00663. The number of aryl methyl sites for hydroxylation is 1. The lowest BCUT2D eigenvalue weighted by atomic mass is 9.92. The maximum absolute atomic E-state index is 12.2. The SMILES string of the molecule is CCCN1CCc2c(C)cc(-c3cnc4[nH]cc(-c5ccc(C(=O)N(C)C)cc5)c4n3)cc2C1. The van der Waals surface area contributed by atoms with Crippen molar-refractivity contribution in [3.8, 4) is 22.4 Å². The van der Waals surface area contributed by atoms with E-state index in [4.69, 9.17) is 4.98 Å². The summed E-state index contributed by atoms with van der Waals surface area (Å²) in [6.07, 6.45) is 6.09. The van der Waals surface area contributed by atoms with Crippen LogP contribution in [0, 0.1) is 6.92 Å². The largest absolute Gasteiger partial charge is 0.345 e. The van der Waals surface area contributed by atoms with Crippen molar-refractivity contribution in [3.05, 3.63) is 71.0 Å². The van der Waals surface area contributed by atoms with Crippen molar-refractivity contribution in [2.45, 2.75) is 33.2 Å². The van der Waals surface area contributed by atoms with Crippen LogP contribution in [0.2, 0.25) is 0 Å². The van der Waals surface area contributed by atoms with Crippen molar-refractivity contribution in [3.63, 3.8) is 0 Å². The van der Waals surface area contributed by atoms with E-state index in [0.29, 0.717) is 5.56 Å². The van der Waals surface area contributed by atoms with Gasteiger partial charge in [-0.05, 0) is 72.8 Å². The number of hydrogen-bond donors (Lipinski definition) is 1. The summed E-state index contributed by atoms with van der Waals surface area (Å²) >= 11 is 0. The molecule has 0 fully saturated rings. The number of H-pyrrole nitrogens is 1. The number of nitrogens with one attached hydrogen (secondary N) is 1. The standard InChI is InChI=1S/C28H31N5O/c1-5-11-33-12-10-23-18(2)13-21(14-22(23)17-33)25-16-30-27-26(31-25)24(15-29-27)19-6-8-20(9-7-19)28(34)32(3)4/h6-9,13-16H,5,10-12,17H2,1-4H3,(H,29,30). The molecule has 0 saturated carbocycles. The van der Waals surface area contributed by atoms with Crippen LogP contribution in [-0.2, 0) is 13.0 Å². The molecule has 5 rings (SSSR count). The lowest BCUT2D eigenvalue weighted by Gasteiger charge is -2.30. The zero-order valence-corrected chi connectivity index (χ0v) is 20.4. The molecule has 1 amide bonds. The van der Waals surface area contributed by atoms with E-state index in [2.05, 4.69) is 40.8 Å². The summed E-state index contributed by atoms with van der Waals surface area (Å²) < 4.78 is 0. The first-order valence-corrected chi connectivity index (χ1v) is 12.0. The molecular weight excluding hydrogens is 422 g/mol. The number of aromatic amines is 1. The lowest BCUT2D eigenvalue weighted by Crippen LogP contribution is -2.31. The molecule has 3 heterocycles. The molecule has 2 aromatic carbocycles. The highest BCUT2D eigenvalue weighted by Crippen LogP contribution is 2.31. The number of nitrogens with zero attached hydrogens (tertiary/aromatic N) is 4. The van der Waals surface area contributed by atoms with Crippen LogP contribution in [0.25, 0.3) is 33.5 Å². The van der Waals surface area contributed by atoms with Gasteiger partial charge in [0.2, 0.25) is 0 Å². The molecule has 0 bridgehead atoms. The molecular formula is C28H31N5O. The van der Waals surface area contributed by atoms with Gasteiger partial charge >= 0.3 is 0 Å². The van der Waals surface area contributed by atoms with Crippen molar-refractivity contribution in [2.75, 3.05) is 27.2 Å². The van der Waals surface area contributed by atoms with Crippen LogP contribution < -0.4 is 0 Å². The number of amides is 1. The minimum absolute atomic E-state index is 0.00663. The Labute approximate surface area is 200 Å². The van der Waals surface area contributed by atoms with Gasteiger partial charge in [0.15, 0.2) is 5.65 Å². The first kappa shape index (κ1) is 22.3. The summed E-state index contributed by atoms with van der Waals surface area (Å²) in [6, 6.07) is 12.2. The Kier molecular flexibility index (Phi) is 5.92. The highest BCUT2D eigenvalue weighted by atomic mass is 16.2. The summed E-state index contributed by atoms with van der Waals surface area (Å²) in [4.78, 5) is 29.3.